The normalized spacial score (nSPS) is 19.2. The molecule has 0 bridgehead atoms. The molecule has 1 saturated heterocycles. The quantitative estimate of drug-likeness (QED) is 0.625. The third-order valence-corrected chi connectivity index (χ3v) is 3.35. The molecule has 1 aromatic rings. The summed E-state index contributed by atoms with van der Waals surface area (Å²) in [6.45, 7) is 3.27. The maximum atomic E-state index is 12.2. The van der Waals surface area contributed by atoms with Crippen LogP contribution in [-0.2, 0) is 16.1 Å². The van der Waals surface area contributed by atoms with Gasteiger partial charge in [-0.3, -0.25) is 14.5 Å². The number of rotatable bonds is 6. The Morgan fingerprint density at radius 3 is 2.68 bits per heavy atom. The van der Waals surface area contributed by atoms with Gasteiger partial charge in [-0.15, -0.1) is 0 Å². The summed E-state index contributed by atoms with van der Waals surface area (Å²) in [6.07, 6.45) is 2.39. The van der Waals surface area contributed by atoms with E-state index in [1.165, 1.54) is 4.90 Å². The number of unbranched alkanes of at least 4 members (excludes halogenated alkanes) is 1. The molecule has 19 heavy (non-hydrogen) atoms. The summed E-state index contributed by atoms with van der Waals surface area (Å²) >= 11 is 0. The van der Waals surface area contributed by atoms with Crippen LogP contribution < -0.4 is 5.32 Å². The van der Waals surface area contributed by atoms with Crippen LogP contribution in [0.25, 0.3) is 0 Å². The summed E-state index contributed by atoms with van der Waals surface area (Å²) in [7, 11) is 0. The zero-order valence-corrected chi connectivity index (χ0v) is 11.3. The molecule has 0 saturated carbocycles. The highest BCUT2D eigenvalue weighted by atomic mass is 16.2. The summed E-state index contributed by atoms with van der Waals surface area (Å²) in [6, 6.07) is 9.28. The van der Waals surface area contributed by atoms with E-state index in [9.17, 15) is 9.59 Å². The van der Waals surface area contributed by atoms with Crippen LogP contribution in [0.1, 0.15) is 31.7 Å². The standard InChI is InChI=1S/C15H20N2O2/c1-2-3-9-16-13-10-14(18)17(15(13)19)11-12-7-5-4-6-8-12/h4-8,13,16H,2-3,9-11H2,1H3/t13-/m0/s1. The molecule has 0 spiro atoms. The van der Waals surface area contributed by atoms with Gasteiger partial charge in [-0.05, 0) is 18.5 Å². The Kier molecular flexibility index (Phi) is 4.68. The van der Waals surface area contributed by atoms with Crippen molar-refractivity contribution in [2.24, 2.45) is 0 Å². The van der Waals surface area contributed by atoms with E-state index in [0.717, 1.165) is 24.9 Å². The molecule has 2 amide bonds. The van der Waals surface area contributed by atoms with Gasteiger partial charge in [0.2, 0.25) is 11.8 Å². The molecule has 1 N–H and O–H groups in total. The highest BCUT2D eigenvalue weighted by Crippen LogP contribution is 2.16. The molecule has 1 fully saturated rings. The van der Waals surface area contributed by atoms with Crippen molar-refractivity contribution in [2.45, 2.75) is 38.8 Å². The Labute approximate surface area is 113 Å². The van der Waals surface area contributed by atoms with E-state index in [4.69, 9.17) is 0 Å². The molecule has 4 nitrogen and oxygen atoms in total. The van der Waals surface area contributed by atoms with E-state index in [1.807, 2.05) is 30.3 Å². The van der Waals surface area contributed by atoms with Gasteiger partial charge < -0.3 is 5.32 Å². The van der Waals surface area contributed by atoms with Gasteiger partial charge in [0.15, 0.2) is 0 Å². The monoisotopic (exact) mass is 260 g/mol. The molecular weight excluding hydrogens is 240 g/mol. The van der Waals surface area contributed by atoms with Crippen LogP contribution in [0.4, 0.5) is 0 Å². The topological polar surface area (TPSA) is 49.4 Å². The van der Waals surface area contributed by atoms with Crippen LogP contribution in [0, 0.1) is 0 Å². The smallest absolute Gasteiger partial charge is 0.247 e. The van der Waals surface area contributed by atoms with Crippen molar-refractivity contribution in [2.75, 3.05) is 6.54 Å². The maximum Gasteiger partial charge on any atom is 0.247 e. The van der Waals surface area contributed by atoms with Gasteiger partial charge in [0.05, 0.1) is 19.0 Å². The molecule has 4 heteroatoms. The molecule has 0 aliphatic carbocycles. The number of amides is 2. The lowest BCUT2D eigenvalue weighted by Gasteiger charge is -2.15. The van der Waals surface area contributed by atoms with E-state index in [1.54, 1.807) is 0 Å². The van der Waals surface area contributed by atoms with Crippen molar-refractivity contribution in [1.82, 2.24) is 10.2 Å². The van der Waals surface area contributed by atoms with Crippen molar-refractivity contribution >= 4 is 11.8 Å². The molecule has 1 aromatic carbocycles. The summed E-state index contributed by atoms with van der Waals surface area (Å²) in [5.41, 5.74) is 0.985. The lowest BCUT2D eigenvalue weighted by atomic mass is 10.2. The minimum absolute atomic E-state index is 0.0807. The van der Waals surface area contributed by atoms with E-state index in [-0.39, 0.29) is 24.3 Å². The third-order valence-electron chi connectivity index (χ3n) is 3.35. The Bertz CT molecular complexity index is 445. The molecule has 0 aromatic heterocycles. The van der Waals surface area contributed by atoms with Gasteiger partial charge in [0.1, 0.15) is 0 Å². The predicted octanol–water partition coefficient (Wildman–Crippen LogP) is 1.70. The molecule has 1 aliphatic heterocycles. The largest absolute Gasteiger partial charge is 0.305 e. The van der Waals surface area contributed by atoms with Crippen LogP contribution >= 0.6 is 0 Å². The lowest BCUT2D eigenvalue weighted by Crippen LogP contribution is -2.38. The predicted molar refractivity (Wildman–Crippen MR) is 73.3 cm³/mol. The summed E-state index contributed by atoms with van der Waals surface area (Å²) in [5, 5.41) is 3.17. The van der Waals surface area contributed by atoms with Crippen LogP contribution in [0.3, 0.4) is 0 Å². The van der Waals surface area contributed by atoms with Gasteiger partial charge in [0, 0.05) is 0 Å². The first-order valence-corrected chi connectivity index (χ1v) is 6.84. The van der Waals surface area contributed by atoms with Crippen molar-refractivity contribution in [3.63, 3.8) is 0 Å². The van der Waals surface area contributed by atoms with Crippen LogP contribution in [-0.4, -0.2) is 29.3 Å². The molecule has 0 unspecified atom stereocenters. The van der Waals surface area contributed by atoms with Crippen molar-refractivity contribution in [1.29, 1.82) is 0 Å². The molecule has 2 rings (SSSR count). The average Bonchev–Trinajstić information content (AvgIpc) is 2.68. The van der Waals surface area contributed by atoms with Crippen LogP contribution in [0.15, 0.2) is 30.3 Å². The summed E-state index contributed by atoms with van der Waals surface area (Å²) in [5.74, 6) is -0.173. The van der Waals surface area contributed by atoms with Crippen molar-refractivity contribution < 1.29 is 9.59 Å². The zero-order valence-electron chi connectivity index (χ0n) is 11.3. The first-order valence-electron chi connectivity index (χ1n) is 6.84. The average molecular weight is 260 g/mol. The van der Waals surface area contributed by atoms with Gasteiger partial charge in [0.25, 0.3) is 0 Å². The minimum Gasteiger partial charge on any atom is -0.305 e. The molecule has 102 valence electrons. The number of imide groups is 1. The van der Waals surface area contributed by atoms with Gasteiger partial charge >= 0.3 is 0 Å². The fourth-order valence-electron chi connectivity index (χ4n) is 2.23. The van der Waals surface area contributed by atoms with E-state index < -0.39 is 0 Å². The molecule has 1 atom stereocenters. The lowest BCUT2D eigenvalue weighted by molar-refractivity contribution is -0.139. The Morgan fingerprint density at radius 1 is 1.26 bits per heavy atom. The fourth-order valence-corrected chi connectivity index (χ4v) is 2.23. The number of carbonyl (C=O) groups excluding carboxylic acids is 2. The number of nitrogens with one attached hydrogen (secondary N) is 1. The molecular formula is C15H20N2O2. The van der Waals surface area contributed by atoms with Crippen LogP contribution in [0.2, 0.25) is 0 Å². The van der Waals surface area contributed by atoms with Gasteiger partial charge in [-0.25, -0.2) is 0 Å². The number of likely N-dealkylation sites (tertiary alicyclic amines) is 1. The van der Waals surface area contributed by atoms with Crippen molar-refractivity contribution in [3.05, 3.63) is 35.9 Å². The first-order chi connectivity index (χ1) is 9.22. The van der Waals surface area contributed by atoms with E-state index in [0.29, 0.717) is 6.54 Å². The number of carbonyl (C=O) groups is 2. The minimum atomic E-state index is -0.331. The summed E-state index contributed by atoms with van der Waals surface area (Å²) < 4.78 is 0. The van der Waals surface area contributed by atoms with Crippen LogP contribution in [0.5, 0.6) is 0 Å². The van der Waals surface area contributed by atoms with E-state index >= 15 is 0 Å². The maximum absolute atomic E-state index is 12.2. The first kappa shape index (κ1) is 13.7. The summed E-state index contributed by atoms with van der Waals surface area (Å²) in [4.78, 5) is 25.4. The molecule has 0 radical (unpaired) electrons. The number of hydrogen-bond donors (Lipinski definition) is 1. The molecule has 1 heterocycles. The molecule has 1 aliphatic rings. The highest BCUT2D eigenvalue weighted by molar-refractivity contribution is 6.05. The van der Waals surface area contributed by atoms with Gasteiger partial charge in [-0.2, -0.15) is 0 Å². The Balaban J connectivity index is 1.95. The van der Waals surface area contributed by atoms with Gasteiger partial charge in [-0.1, -0.05) is 43.7 Å². The van der Waals surface area contributed by atoms with Crippen molar-refractivity contribution in [3.8, 4) is 0 Å². The number of hydrogen-bond acceptors (Lipinski definition) is 3. The second kappa shape index (κ2) is 6.48. The second-order valence-corrected chi connectivity index (χ2v) is 4.87. The van der Waals surface area contributed by atoms with E-state index in [2.05, 4.69) is 12.2 Å². The Hall–Kier alpha value is -1.68. The highest BCUT2D eigenvalue weighted by Gasteiger charge is 2.37. The number of benzene rings is 1. The Morgan fingerprint density at radius 2 is 2.00 bits per heavy atom. The zero-order chi connectivity index (χ0) is 13.7. The third kappa shape index (κ3) is 3.41. The SMILES string of the molecule is CCCCN[C@H]1CC(=O)N(Cc2ccccc2)C1=O. The second-order valence-electron chi connectivity index (χ2n) is 4.87. The number of nitrogens with zero attached hydrogens (tertiary/aromatic N) is 1. The fraction of sp³-hybridized carbons (Fsp3) is 0.467.